The molecule has 0 saturated heterocycles. The number of thioether (sulfide) groups is 1. The highest BCUT2D eigenvalue weighted by molar-refractivity contribution is 7.98. The Hall–Kier alpha value is -0.190. The molecule has 0 radical (unpaired) electrons. The van der Waals surface area contributed by atoms with Crippen LogP contribution in [0.25, 0.3) is 0 Å². The van der Waals surface area contributed by atoms with Crippen molar-refractivity contribution in [3.8, 4) is 0 Å². The number of rotatable bonds is 3. The maximum atomic E-state index is 12.2. The van der Waals surface area contributed by atoms with E-state index in [1.807, 2.05) is 25.7 Å². The largest absolute Gasteiger partial charge is 0.340 e. The van der Waals surface area contributed by atoms with Crippen LogP contribution in [0.3, 0.4) is 0 Å². The Kier molecular flexibility index (Phi) is 4.39. The van der Waals surface area contributed by atoms with Gasteiger partial charge in [0.15, 0.2) is 0 Å². The predicted molar refractivity (Wildman–Crippen MR) is 76.5 cm³/mol. The number of aryl methyl sites for hydroxylation is 1. The summed E-state index contributed by atoms with van der Waals surface area (Å²) >= 11 is 9.50. The number of thiophene rings is 1. The Bertz CT molecular complexity index is 393. The normalized spacial score (nSPS) is 16.4. The molecule has 2 rings (SSSR count). The fourth-order valence-corrected chi connectivity index (χ4v) is 4.47. The van der Waals surface area contributed by atoms with Gasteiger partial charge < -0.3 is 4.90 Å². The quantitative estimate of drug-likeness (QED) is 0.796. The standard InChI is InChI=1S/C12H16ClNOS2/c1-8(13)6-14(2)12(15)11-5-9-7-16-4-3-10(9)17-11/h5,8H,3-4,6-7H2,1-2H3. The molecule has 0 N–H and O–H groups in total. The summed E-state index contributed by atoms with van der Waals surface area (Å²) in [6.07, 6.45) is 1.10. The van der Waals surface area contributed by atoms with Gasteiger partial charge in [0.2, 0.25) is 0 Å². The van der Waals surface area contributed by atoms with E-state index in [0.29, 0.717) is 6.54 Å². The van der Waals surface area contributed by atoms with Crippen LogP contribution < -0.4 is 0 Å². The molecule has 1 aromatic heterocycles. The van der Waals surface area contributed by atoms with Gasteiger partial charge in [0.25, 0.3) is 5.91 Å². The van der Waals surface area contributed by atoms with E-state index in [1.54, 1.807) is 16.2 Å². The summed E-state index contributed by atoms with van der Waals surface area (Å²) in [5.74, 6) is 2.33. The summed E-state index contributed by atoms with van der Waals surface area (Å²) in [6.45, 7) is 2.50. The first-order valence-electron chi connectivity index (χ1n) is 5.67. The van der Waals surface area contributed by atoms with Crippen molar-refractivity contribution >= 4 is 40.6 Å². The van der Waals surface area contributed by atoms with E-state index >= 15 is 0 Å². The first-order chi connectivity index (χ1) is 8.08. The third-order valence-electron chi connectivity index (χ3n) is 2.71. The smallest absolute Gasteiger partial charge is 0.263 e. The first kappa shape index (κ1) is 13.2. The highest BCUT2D eigenvalue weighted by Crippen LogP contribution is 2.32. The van der Waals surface area contributed by atoms with Gasteiger partial charge >= 0.3 is 0 Å². The topological polar surface area (TPSA) is 20.3 Å². The van der Waals surface area contributed by atoms with Gasteiger partial charge in [-0.3, -0.25) is 4.79 Å². The summed E-state index contributed by atoms with van der Waals surface area (Å²) < 4.78 is 0. The number of carbonyl (C=O) groups excluding carboxylic acids is 1. The van der Waals surface area contributed by atoms with Crippen LogP contribution in [-0.4, -0.2) is 35.5 Å². The number of hydrogen-bond donors (Lipinski definition) is 0. The second-order valence-electron chi connectivity index (χ2n) is 4.33. The molecule has 0 saturated carbocycles. The van der Waals surface area contributed by atoms with Crippen LogP contribution >= 0.6 is 34.7 Å². The second kappa shape index (κ2) is 5.63. The minimum Gasteiger partial charge on any atom is -0.340 e. The van der Waals surface area contributed by atoms with E-state index in [0.717, 1.165) is 17.1 Å². The maximum Gasteiger partial charge on any atom is 0.263 e. The molecule has 2 heterocycles. The van der Waals surface area contributed by atoms with Gasteiger partial charge in [-0.05, 0) is 30.7 Å². The van der Waals surface area contributed by atoms with E-state index in [9.17, 15) is 4.79 Å². The van der Waals surface area contributed by atoms with Crippen LogP contribution in [0, 0.1) is 0 Å². The van der Waals surface area contributed by atoms with Crippen molar-refractivity contribution in [2.24, 2.45) is 0 Å². The lowest BCUT2D eigenvalue weighted by atomic mass is 10.2. The molecular weight excluding hydrogens is 274 g/mol. The lowest BCUT2D eigenvalue weighted by Crippen LogP contribution is -2.30. The molecule has 1 amide bonds. The second-order valence-corrected chi connectivity index (χ2v) is 7.32. The molecule has 1 aliphatic heterocycles. The number of nitrogens with zero attached hydrogens (tertiary/aromatic N) is 1. The summed E-state index contributed by atoms with van der Waals surface area (Å²) in [6, 6.07) is 2.06. The SMILES string of the molecule is CC(Cl)CN(C)C(=O)c1cc2c(s1)CCSC2. The van der Waals surface area contributed by atoms with E-state index in [-0.39, 0.29) is 11.3 Å². The van der Waals surface area contributed by atoms with Gasteiger partial charge in [-0.25, -0.2) is 0 Å². The fraction of sp³-hybridized carbons (Fsp3) is 0.583. The molecule has 0 spiro atoms. The highest BCUT2D eigenvalue weighted by atomic mass is 35.5. The molecule has 1 aliphatic rings. The summed E-state index contributed by atoms with van der Waals surface area (Å²) in [4.78, 5) is 16.1. The van der Waals surface area contributed by atoms with Crippen LogP contribution in [-0.2, 0) is 12.2 Å². The van der Waals surface area contributed by atoms with E-state index in [4.69, 9.17) is 11.6 Å². The van der Waals surface area contributed by atoms with E-state index < -0.39 is 0 Å². The monoisotopic (exact) mass is 289 g/mol. The Morgan fingerprint density at radius 1 is 1.65 bits per heavy atom. The zero-order valence-electron chi connectivity index (χ0n) is 10.0. The number of alkyl halides is 1. The van der Waals surface area contributed by atoms with Gasteiger partial charge in [0, 0.05) is 29.6 Å². The van der Waals surface area contributed by atoms with Crippen molar-refractivity contribution in [1.29, 1.82) is 0 Å². The molecule has 0 bridgehead atoms. The molecule has 5 heteroatoms. The number of carbonyl (C=O) groups is 1. The zero-order chi connectivity index (χ0) is 12.4. The molecule has 0 aromatic carbocycles. The van der Waals surface area contributed by atoms with Crippen molar-refractivity contribution < 1.29 is 4.79 Å². The van der Waals surface area contributed by atoms with Crippen LogP contribution in [0.5, 0.6) is 0 Å². The molecule has 17 heavy (non-hydrogen) atoms. The van der Waals surface area contributed by atoms with Gasteiger partial charge in [0.05, 0.1) is 4.88 Å². The average molecular weight is 290 g/mol. The summed E-state index contributed by atoms with van der Waals surface area (Å²) in [7, 11) is 1.81. The summed E-state index contributed by atoms with van der Waals surface area (Å²) in [5.41, 5.74) is 1.35. The lowest BCUT2D eigenvalue weighted by molar-refractivity contribution is 0.0801. The molecule has 1 atom stereocenters. The number of hydrogen-bond acceptors (Lipinski definition) is 3. The van der Waals surface area contributed by atoms with Gasteiger partial charge in [-0.1, -0.05) is 0 Å². The van der Waals surface area contributed by atoms with E-state index in [2.05, 4.69) is 6.07 Å². The highest BCUT2D eigenvalue weighted by Gasteiger charge is 2.20. The molecule has 1 aromatic rings. The van der Waals surface area contributed by atoms with Gasteiger partial charge in [-0.2, -0.15) is 11.8 Å². The Morgan fingerprint density at radius 3 is 3.06 bits per heavy atom. The van der Waals surface area contributed by atoms with Crippen molar-refractivity contribution in [2.75, 3.05) is 19.3 Å². The van der Waals surface area contributed by atoms with Crippen LogP contribution in [0.1, 0.15) is 27.0 Å². The maximum absolute atomic E-state index is 12.2. The Balaban J connectivity index is 2.11. The van der Waals surface area contributed by atoms with Crippen molar-refractivity contribution in [3.63, 3.8) is 0 Å². The minimum absolute atomic E-state index is 0.00547. The molecule has 0 aliphatic carbocycles. The first-order valence-corrected chi connectivity index (χ1v) is 8.07. The lowest BCUT2D eigenvalue weighted by Gasteiger charge is -2.17. The molecule has 94 valence electrons. The number of halogens is 1. The predicted octanol–water partition coefficient (Wildman–Crippen LogP) is 3.24. The fourth-order valence-electron chi connectivity index (χ4n) is 1.90. The number of amides is 1. The molecular formula is C12H16ClNOS2. The zero-order valence-corrected chi connectivity index (χ0v) is 12.4. The van der Waals surface area contributed by atoms with Crippen LogP contribution in [0.4, 0.5) is 0 Å². The third kappa shape index (κ3) is 3.18. The van der Waals surface area contributed by atoms with Crippen LogP contribution in [0.15, 0.2) is 6.07 Å². The van der Waals surface area contributed by atoms with Crippen molar-refractivity contribution in [1.82, 2.24) is 4.90 Å². The van der Waals surface area contributed by atoms with Gasteiger partial charge in [0.1, 0.15) is 0 Å². The average Bonchev–Trinajstić information content (AvgIpc) is 2.70. The van der Waals surface area contributed by atoms with Crippen LogP contribution in [0.2, 0.25) is 0 Å². The Labute approximate surface area is 115 Å². The van der Waals surface area contributed by atoms with Crippen molar-refractivity contribution in [2.45, 2.75) is 24.5 Å². The molecule has 1 unspecified atom stereocenters. The number of fused-ring (bicyclic) bond motifs is 1. The minimum atomic E-state index is -0.00547. The molecule has 2 nitrogen and oxygen atoms in total. The summed E-state index contributed by atoms with van der Waals surface area (Å²) in [5, 5.41) is -0.00547. The van der Waals surface area contributed by atoms with Gasteiger partial charge in [-0.15, -0.1) is 22.9 Å². The van der Waals surface area contributed by atoms with E-state index in [1.165, 1.54) is 16.2 Å². The molecule has 0 fully saturated rings. The van der Waals surface area contributed by atoms with Crippen molar-refractivity contribution in [3.05, 3.63) is 21.4 Å². The third-order valence-corrected chi connectivity index (χ3v) is 5.08. The Morgan fingerprint density at radius 2 is 2.41 bits per heavy atom.